The van der Waals surface area contributed by atoms with E-state index >= 15 is 0 Å². The number of ether oxygens (including phenoxy) is 1. The molecule has 20 heavy (non-hydrogen) atoms. The van der Waals surface area contributed by atoms with Gasteiger partial charge in [-0.25, -0.2) is 14.0 Å². The maximum Gasteiger partial charge on any atom is 0.335 e. The number of aromatic carboxylic acids is 1. The van der Waals surface area contributed by atoms with Gasteiger partial charge in [0.25, 0.3) is 0 Å². The number of amides is 2. The molecule has 0 spiro atoms. The van der Waals surface area contributed by atoms with E-state index < -0.39 is 17.8 Å². The maximum absolute atomic E-state index is 13.7. The van der Waals surface area contributed by atoms with Crippen LogP contribution in [0.3, 0.4) is 0 Å². The van der Waals surface area contributed by atoms with Crippen molar-refractivity contribution in [2.75, 3.05) is 25.6 Å². The van der Waals surface area contributed by atoms with E-state index in [1.807, 2.05) is 0 Å². The Morgan fingerprint density at radius 2 is 2.25 bits per heavy atom. The number of carbonyl (C=O) groups excluding carboxylic acids is 1. The Kier molecular flexibility index (Phi) is 4.19. The lowest BCUT2D eigenvalue weighted by atomic mass is 10.2. The van der Waals surface area contributed by atoms with Gasteiger partial charge in [-0.05, 0) is 24.6 Å². The Morgan fingerprint density at radius 1 is 1.50 bits per heavy atom. The highest BCUT2D eigenvalue weighted by atomic mass is 19.1. The summed E-state index contributed by atoms with van der Waals surface area (Å²) in [6.45, 7) is 1.06. The lowest BCUT2D eigenvalue weighted by Crippen LogP contribution is -2.40. The number of carboxylic acid groups (broad SMARTS) is 1. The van der Waals surface area contributed by atoms with Crippen molar-refractivity contribution in [2.24, 2.45) is 0 Å². The Labute approximate surface area is 115 Å². The molecule has 7 heteroatoms. The van der Waals surface area contributed by atoms with Crippen molar-refractivity contribution in [3.05, 3.63) is 29.6 Å². The summed E-state index contributed by atoms with van der Waals surface area (Å²) in [7, 11) is 1.61. The number of rotatable bonds is 3. The van der Waals surface area contributed by atoms with Crippen molar-refractivity contribution < 1.29 is 23.8 Å². The van der Waals surface area contributed by atoms with Gasteiger partial charge in [0.2, 0.25) is 0 Å². The lowest BCUT2D eigenvalue weighted by Gasteiger charge is -2.23. The van der Waals surface area contributed by atoms with Crippen LogP contribution in [0.4, 0.5) is 14.9 Å². The third-order valence-electron chi connectivity index (χ3n) is 3.23. The average Bonchev–Trinajstić information content (AvgIpc) is 2.93. The molecule has 2 amide bonds. The largest absolute Gasteiger partial charge is 0.478 e. The topological polar surface area (TPSA) is 78.9 Å². The third-order valence-corrected chi connectivity index (χ3v) is 3.23. The van der Waals surface area contributed by atoms with Gasteiger partial charge in [-0.15, -0.1) is 0 Å². The molecule has 1 unspecified atom stereocenters. The SMILES string of the molecule is CN(C(=O)Nc1ccc(C(=O)O)cc1F)C1CCOC1. The zero-order chi connectivity index (χ0) is 14.7. The van der Waals surface area contributed by atoms with E-state index in [1.165, 1.54) is 17.0 Å². The van der Waals surface area contributed by atoms with Crippen LogP contribution in [0.5, 0.6) is 0 Å². The number of likely N-dealkylation sites (N-methyl/N-ethyl adjacent to an activating group) is 1. The molecule has 0 aliphatic carbocycles. The first-order chi connectivity index (χ1) is 9.49. The summed E-state index contributed by atoms with van der Waals surface area (Å²) in [4.78, 5) is 24.1. The van der Waals surface area contributed by atoms with Gasteiger partial charge in [0.15, 0.2) is 0 Å². The molecule has 2 rings (SSSR count). The molecule has 1 aromatic rings. The van der Waals surface area contributed by atoms with Gasteiger partial charge in [-0.3, -0.25) is 0 Å². The second-order valence-corrected chi connectivity index (χ2v) is 4.56. The molecule has 1 heterocycles. The Balaban J connectivity index is 2.05. The van der Waals surface area contributed by atoms with Crippen molar-refractivity contribution in [1.82, 2.24) is 4.90 Å². The fourth-order valence-corrected chi connectivity index (χ4v) is 1.95. The highest BCUT2D eigenvalue weighted by Gasteiger charge is 2.24. The van der Waals surface area contributed by atoms with Crippen molar-refractivity contribution in [2.45, 2.75) is 12.5 Å². The number of nitrogens with one attached hydrogen (secondary N) is 1. The first-order valence-electron chi connectivity index (χ1n) is 6.13. The van der Waals surface area contributed by atoms with Gasteiger partial charge in [0, 0.05) is 13.7 Å². The molecule has 1 aliphatic heterocycles. The molecule has 0 aromatic heterocycles. The van der Waals surface area contributed by atoms with Gasteiger partial charge >= 0.3 is 12.0 Å². The third kappa shape index (κ3) is 3.05. The summed E-state index contributed by atoms with van der Waals surface area (Å²) >= 11 is 0. The van der Waals surface area contributed by atoms with E-state index in [9.17, 15) is 14.0 Å². The molecule has 6 nitrogen and oxygen atoms in total. The second kappa shape index (κ2) is 5.87. The molecule has 1 fully saturated rings. The van der Waals surface area contributed by atoms with Crippen LogP contribution in [0.15, 0.2) is 18.2 Å². The van der Waals surface area contributed by atoms with E-state index in [-0.39, 0.29) is 17.3 Å². The normalized spacial score (nSPS) is 17.8. The molecule has 1 aliphatic rings. The molecular formula is C13H15FN2O4. The molecule has 1 atom stereocenters. The number of carboxylic acids is 1. The van der Waals surface area contributed by atoms with Crippen LogP contribution in [0.2, 0.25) is 0 Å². The van der Waals surface area contributed by atoms with Crippen molar-refractivity contribution in [3.63, 3.8) is 0 Å². The minimum atomic E-state index is -1.22. The lowest BCUT2D eigenvalue weighted by molar-refractivity contribution is 0.0696. The highest BCUT2D eigenvalue weighted by Crippen LogP contribution is 2.18. The fourth-order valence-electron chi connectivity index (χ4n) is 1.95. The number of carbonyl (C=O) groups is 2. The summed E-state index contributed by atoms with van der Waals surface area (Å²) in [5.74, 6) is -2.00. The van der Waals surface area contributed by atoms with Crippen molar-refractivity contribution in [3.8, 4) is 0 Å². The number of hydrogen-bond acceptors (Lipinski definition) is 3. The van der Waals surface area contributed by atoms with E-state index in [2.05, 4.69) is 5.32 Å². The molecule has 0 saturated carbocycles. The first-order valence-corrected chi connectivity index (χ1v) is 6.13. The Morgan fingerprint density at radius 3 is 2.80 bits per heavy atom. The summed E-state index contributed by atoms with van der Waals surface area (Å²) in [5, 5.41) is 11.2. The van der Waals surface area contributed by atoms with Crippen LogP contribution in [-0.2, 0) is 4.74 Å². The maximum atomic E-state index is 13.7. The number of nitrogens with zero attached hydrogens (tertiary/aromatic N) is 1. The van der Waals surface area contributed by atoms with Gasteiger partial charge < -0.3 is 20.1 Å². The molecule has 1 saturated heterocycles. The number of benzene rings is 1. The number of hydrogen-bond donors (Lipinski definition) is 2. The summed E-state index contributed by atoms with van der Waals surface area (Å²) < 4.78 is 18.9. The van der Waals surface area contributed by atoms with E-state index in [0.717, 1.165) is 12.5 Å². The second-order valence-electron chi connectivity index (χ2n) is 4.56. The molecule has 0 bridgehead atoms. The monoisotopic (exact) mass is 282 g/mol. The Bertz CT molecular complexity index is 529. The van der Waals surface area contributed by atoms with Gasteiger partial charge in [-0.1, -0.05) is 0 Å². The van der Waals surface area contributed by atoms with Gasteiger partial charge in [0.05, 0.1) is 23.9 Å². The van der Waals surface area contributed by atoms with Crippen molar-refractivity contribution in [1.29, 1.82) is 0 Å². The smallest absolute Gasteiger partial charge is 0.335 e. The number of anilines is 1. The summed E-state index contributed by atoms with van der Waals surface area (Å²) in [5.41, 5.74) is -0.219. The quantitative estimate of drug-likeness (QED) is 0.885. The van der Waals surface area contributed by atoms with Crippen LogP contribution in [0.25, 0.3) is 0 Å². The summed E-state index contributed by atoms with van der Waals surface area (Å²) in [6.07, 6.45) is 0.740. The predicted molar refractivity (Wildman–Crippen MR) is 69.4 cm³/mol. The van der Waals surface area contributed by atoms with E-state index in [4.69, 9.17) is 9.84 Å². The molecule has 1 aromatic carbocycles. The van der Waals surface area contributed by atoms with Crippen LogP contribution in [0, 0.1) is 5.82 Å². The van der Waals surface area contributed by atoms with Crippen LogP contribution >= 0.6 is 0 Å². The summed E-state index contributed by atoms with van der Waals surface area (Å²) in [6, 6.07) is 2.85. The average molecular weight is 282 g/mol. The highest BCUT2D eigenvalue weighted by molar-refractivity contribution is 5.91. The number of halogens is 1. The minimum Gasteiger partial charge on any atom is -0.478 e. The molecule has 2 N–H and O–H groups in total. The minimum absolute atomic E-state index is 0.0312. The zero-order valence-corrected chi connectivity index (χ0v) is 10.9. The first kappa shape index (κ1) is 14.3. The predicted octanol–water partition coefficient (Wildman–Crippen LogP) is 1.78. The Hall–Kier alpha value is -2.15. The van der Waals surface area contributed by atoms with E-state index in [0.29, 0.717) is 13.2 Å². The standard InChI is InChI=1S/C13H15FN2O4/c1-16(9-4-5-20-7-9)13(19)15-11-3-2-8(12(17)18)6-10(11)14/h2-3,6,9H,4-5,7H2,1H3,(H,15,19)(H,17,18). The van der Waals surface area contributed by atoms with Crippen LogP contribution < -0.4 is 5.32 Å². The van der Waals surface area contributed by atoms with Gasteiger partial charge in [-0.2, -0.15) is 0 Å². The van der Waals surface area contributed by atoms with Crippen molar-refractivity contribution >= 4 is 17.7 Å². The fraction of sp³-hybridized carbons (Fsp3) is 0.385. The number of urea groups is 1. The van der Waals surface area contributed by atoms with Crippen LogP contribution in [-0.4, -0.2) is 48.3 Å². The van der Waals surface area contributed by atoms with E-state index in [1.54, 1.807) is 7.05 Å². The van der Waals surface area contributed by atoms with Crippen LogP contribution in [0.1, 0.15) is 16.8 Å². The zero-order valence-electron chi connectivity index (χ0n) is 10.9. The molecule has 0 radical (unpaired) electrons. The van der Waals surface area contributed by atoms with Gasteiger partial charge in [0.1, 0.15) is 5.82 Å². The molecular weight excluding hydrogens is 267 g/mol. The molecule has 108 valence electrons.